The highest BCUT2D eigenvalue weighted by atomic mass is 79.9. The molecule has 0 aromatic heterocycles. The van der Waals surface area contributed by atoms with Crippen LogP contribution in [0, 0.1) is 0 Å². The number of rotatable bonds is 4. The summed E-state index contributed by atoms with van der Waals surface area (Å²) in [5.74, 6) is 0. The second-order valence-corrected chi connectivity index (χ2v) is 5.48. The van der Waals surface area contributed by atoms with Gasteiger partial charge >= 0.3 is 0 Å². The molecule has 1 unspecified atom stereocenters. The van der Waals surface area contributed by atoms with Gasteiger partial charge in [0.05, 0.1) is 0 Å². The molecule has 94 valence electrons. The van der Waals surface area contributed by atoms with Crippen molar-refractivity contribution in [3.8, 4) is 0 Å². The minimum Gasteiger partial charge on any atom is -0.381 e. The minimum absolute atomic E-state index is 0.454. The second kappa shape index (κ2) is 6.53. The van der Waals surface area contributed by atoms with Gasteiger partial charge in [-0.25, -0.2) is 0 Å². The summed E-state index contributed by atoms with van der Waals surface area (Å²) in [6.45, 7) is 4.02. The lowest BCUT2D eigenvalue weighted by Crippen LogP contribution is -2.37. The molecule has 1 aromatic carbocycles. The molecule has 1 aliphatic heterocycles. The van der Waals surface area contributed by atoms with Crippen LogP contribution in [0.3, 0.4) is 0 Å². The number of benzene rings is 1. The van der Waals surface area contributed by atoms with Gasteiger partial charge in [0.15, 0.2) is 0 Å². The van der Waals surface area contributed by atoms with E-state index < -0.39 is 0 Å². The monoisotopic (exact) mass is 297 g/mol. The molecule has 0 spiro atoms. The topological polar surface area (TPSA) is 21.3 Å². The predicted molar refractivity (Wildman–Crippen MR) is 74.2 cm³/mol. The number of halogens is 1. The Morgan fingerprint density at radius 2 is 2.18 bits per heavy atom. The highest BCUT2D eigenvalue weighted by Gasteiger charge is 2.18. The molecule has 0 saturated carbocycles. The van der Waals surface area contributed by atoms with Gasteiger partial charge in [0.2, 0.25) is 0 Å². The van der Waals surface area contributed by atoms with E-state index in [2.05, 4.69) is 52.4 Å². The molecule has 0 radical (unpaired) electrons. The third-order valence-corrected chi connectivity index (χ3v) is 3.81. The van der Waals surface area contributed by atoms with Crippen molar-refractivity contribution in [2.24, 2.45) is 0 Å². The van der Waals surface area contributed by atoms with Gasteiger partial charge in [0.1, 0.15) is 0 Å². The maximum absolute atomic E-state index is 5.39. The Morgan fingerprint density at radius 1 is 1.41 bits per heavy atom. The predicted octanol–water partition coefficient (Wildman–Crippen LogP) is 3.67. The Labute approximate surface area is 112 Å². The van der Waals surface area contributed by atoms with Crippen LogP contribution in [0.15, 0.2) is 28.7 Å². The molecule has 1 aliphatic rings. The first-order valence-electron chi connectivity index (χ1n) is 6.39. The Bertz CT molecular complexity index is 350. The van der Waals surface area contributed by atoms with Crippen LogP contribution in [-0.2, 0) is 4.74 Å². The van der Waals surface area contributed by atoms with Crippen molar-refractivity contribution < 1.29 is 4.74 Å². The summed E-state index contributed by atoms with van der Waals surface area (Å²) < 4.78 is 6.55. The van der Waals surface area contributed by atoms with E-state index >= 15 is 0 Å². The van der Waals surface area contributed by atoms with Gasteiger partial charge in [-0.1, -0.05) is 35.0 Å². The molecule has 1 saturated heterocycles. The summed E-state index contributed by atoms with van der Waals surface area (Å²) in [4.78, 5) is 0. The van der Waals surface area contributed by atoms with Crippen molar-refractivity contribution in [1.29, 1.82) is 0 Å². The third kappa shape index (κ3) is 3.80. The first-order valence-corrected chi connectivity index (χ1v) is 7.18. The molecular weight excluding hydrogens is 278 g/mol. The number of nitrogens with one attached hydrogen (secondary N) is 1. The van der Waals surface area contributed by atoms with Crippen molar-refractivity contribution in [2.45, 2.75) is 38.3 Å². The highest BCUT2D eigenvalue weighted by Crippen LogP contribution is 2.22. The fourth-order valence-corrected chi connectivity index (χ4v) is 2.74. The van der Waals surface area contributed by atoms with Crippen LogP contribution >= 0.6 is 15.9 Å². The van der Waals surface area contributed by atoms with Crippen LogP contribution in [0.5, 0.6) is 0 Å². The zero-order valence-electron chi connectivity index (χ0n) is 10.3. The fraction of sp³-hybridized carbons (Fsp3) is 0.571. The van der Waals surface area contributed by atoms with Gasteiger partial charge in [-0.2, -0.15) is 0 Å². The van der Waals surface area contributed by atoms with Gasteiger partial charge in [0, 0.05) is 29.8 Å². The van der Waals surface area contributed by atoms with Crippen LogP contribution < -0.4 is 5.32 Å². The van der Waals surface area contributed by atoms with E-state index in [1.54, 1.807) is 0 Å². The summed E-state index contributed by atoms with van der Waals surface area (Å²) in [5.41, 5.74) is 1.37. The summed E-state index contributed by atoms with van der Waals surface area (Å²) in [5, 5.41) is 3.75. The van der Waals surface area contributed by atoms with Gasteiger partial charge in [-0.15, -0.1) is 0 Å². The number of ether oxygens (including phenoxy) is 1. The average molecular weight is 298 g/mol. The van der Waals surface area contributed by atoms with E-state index in [-0.39, 0.29) is 0 Å². The molecule has 1 aromatic rings. The molecule has 17 heavy (non-hydrogen) atoms. The van der Waals surface area contributed by atoms with E-state index in [1.807, 2.05) is 0 Å². The molecular formula is C14H20BrNO. The second-order valence-electron chi connectivity index (χ2n) is 4.57. The van der Waals surface area contributed by atoms with Gasteiger partial charge in [-0.05, 0) is 37.0 Å². The van der Waals surface area contributed by atoms with Gasteiger partial charge in [-0.3, -0.25) is 0 Å². The lowest BCUT2D eigenvalue weighted by Gasteiger charge is -2.28. The first-order chi connectivity index (χ1) is 8.29. The smallest absolute Gasteiger partial charge is 0.0480 e. The van der Waals surface area contributed by atoms with Crippen molar-refractivity contribution in [3.05, 3.63) is 34.3 Å². The molecule has 0 bridgehead atoms. The van der Waals surface area contributed by atoms with Gasteiger partial charge in [0.25, 0.3) is 0 Å². The summed E-state index contributed by atoms with van der Waals surface area (Å²) in [6, 6.07) is 9.65. The molecule has 0 aliphatic carbocycles. The Kier molecular flexibility index (Phi) is 5.01. The third-order valence-electron chi connectivity index (χ3n) is 3.32. The quantitative estimate of drug-likeness (QED) is 0.916. The zero-order valence-corrected chi connectivity index (χ0v) is 11.9. The Morgan fingerprint density at radius 3 is 2.82 bits per heavy atom. The van der Waals surface area contributed by atoms with Crippen LogP contribution in [-0.4, -0.2) is 19.3 Å². The largest absolute Gasteiger partial charge is 0.381 e. The van der Waals surface area contributed by atoms with E-state index in [9.17, 15) is 0 Å². The first kappa shape index (κ1) is 13.1. The van der Waals surface area contributed by atoms with Crippen molar-refractivity contribution in [2.75, 3.05) is 13.2 Å². The normalized spacial score (nSPS) is 19.2. The highest BCUT2D eigenvalue weighted by molar-refractivity contribution is 9.10. The molecule has 0 amide bonds. The molecule has 2 nitrogen and oxygen atoms in total. The summed E-state index contributed by atoms with van der Waals surface area (Å²) in [7, 11) is 0. The van der Waals surface area contributed by atoms with Crippen LogP contribution in [0.25, 0.3) is 0 Å². The maximum Gasteiger partial charge on any atom is 0.0480 e. The van der Waals surface area contributed by atoms with Crippen LogP contribution in [0.2, 0.25) is 0 Å². The molecule has 2 rings (SSSR count). The van der Waals surface area contributed by atoms with E-state index in [1.165, 1.54) is 5.56 Å². The molecule has 1 N–H and O–H groups in total. The lowest BCUT2D eigenvalue weighted by molar-refractivity contribution is 0.0746. The zero-order chi connectivity index (χ0) is 12.1. The average Bonchev–Trinajstić information content (AvgIpc) is 2.37. The van der Waals surface area contributed by atoms with E-state index in [0.29, 0.717) is 12.1 Å². The fourth-order valence-electron chi connectivity index (χ4n) is 2.32. The standard InChI is InChI=1S/C14H20BrNO/c1-2-14(11-4-3-5-12(15)10-11)16-13-6-8-17-9-7-13/h3-5,10,13-14,16H,2,6-9H2,1H3. The van der Waals surface area contributed by atoms with Crippen molar-refractivity contribution in [1.82, 2.24) is 5.32 Å². The number of hydrogen-bond acceptors (Lipinski definition) is 2. The Balaban J connectivity index is 2.00. The van der Waals surface area contributed by atoms with E-state index in [4.69, 9.17) is 4.74 Å². The Hall–Kier alpha value is -0.380. The molecule has 1 fully saturated rings. The number of hydrogen-bond donors (Lipinski definition) is 1. The van der Waals surface area contributed by atoms with Gasteiger partial charge < -0.3 is 10.1 Å². The lowest BCUT2D eigenvalue weighted by atomic mass is 10.0. The van der Waals surface area contributed by atoms with Crippen LogP contribution in [0.4, 0.5) is 0 Å². The molecule has 3 heteroatoms. The summed E-state index contributed by atoms with van der Waals surface area (Å²) >= 11 is 3.54. The SMILES string of the molecule is CCC(NC1CCOCC1)c1cccc(Br)c1. The van der Waals surface area contributed by atoms with Crippen molar-refractivity contribution >= 4 is 15.9 Å². The summed E-state index contributed by atoms with van der Waals surface area (Å²) in [6.07, 6.45) is 3.38. The molecule has 1 atom stereocenters. The van der Waals surface area contributed by atoms with Crippen molar-refractivity contribution in [3.63, 3.8) is 0 Å². The molecule has 1 heterocycles. The van der Waals surface area contributed by atoms with E-state index in [0.717, 1.165) is 36.9 Å². The van der Waals surface area contributed by atoms with Crippen LogP contribution in [0.1, 0.15) is 37.8 Å². The minimum atomic E-state index is 0.454. The maximum atomic E-state index is 5.39.